The molecule has 0 aliphatic carbocycles. The summed E-state index contributed by atoms with van der Waals surface area (Å²) in [5.74, 6) is 1.39. The molecule has 29 heavy (non-hydrogen) atoms. The molecule has 3 heterocycles. The number of rotatable bonds is 5. The van der Waals surface area contributed by atoms with Gasteiger partial charge in [-0.15, -0.1) is 0 Å². The molecule has 1 N–H and O–H groups in total. The van der Waals surface area contributed by atoms with E-state index >= 15 is 0 Å². The average molecular weight is 419 g/mol. The Morgan fingerprint density at radius 3 is 2.66 bits per heavy atom. The average Bonchev–Trinajstić information content (AvgIpc) is 3.20. The van der Waals surface area contributed by atoms with E-state index in [1.165, 1.54) is 16.1 Å². The van der Waals surface area contributed by atoms with E-state index in [-0.39, 0.29) is 11.5 Å². The molecule has 1 atom stereocenters. The Kier molecular flexibility index (Phi) is 5.46. The van der Waals surface area contributed by atoms with Crippen LogP contribution in [0.2, 0.25) is 0 Å². The van der Waals surface area contributed by atoms with E-state index in [0.29, 0.717) is 43.9 Å². The zero-order valence-electron chi connectivity index (χ0n) is 16.7. The highest BCUT2D eigenvalue weighted by atomic mass is 32.2. The molecule has 0 unspecified atom stereocenters. The number of aromatic nitrogens is 2. The zero-order chi connectivity index (χ0) is 20.6. The lowest BCUT2D eigenvalue weighted by Gasteiger charge is -2.28. The summed E-state index contributed by atoms with van der Waals surface area (Å²) in [5.41, 5.74) is 2.61. The second-order valence-corrected chi connectivity index (χ2v) is 9.77. The van der Waals surface area contributed by atoms with E-state index in [0.717, 1.165) is 24.5 Å². The van der Waals surface area contributed by atoms with Crippen molar-refractivity contribution in [2.75, 3.05) is 33.0 Å². The zero-order valence-corrected chi connectivity index (χ0v) is 17.5. The van der Waals surface area contributed by atoms with Gasteiger partial charge in [-0.25, -0.2) is 17.7 Å². The van der Waals surface area contributed by atoms with Gasteiger partial charge in [-0.2, -0.15) is 0 Å². The maximum Gasteiger partial charge on any atom is 0.255 e. The molecule has 4 rings (SSSR count). The first kappa shape index (κ1) is 20.1. The van der Waals surface area contributed by atoms with E-state index in [1.54, 1.807) is 7.11 Å². The van der Waals surface area contributed by atoms with Gasteiger partial charge in [0.1, 0.15) is 11.6 Å². The van der Waals surface area contributed by atoms with Crippen molar-refractivity contribution in [1.82, 2.24) is 19.2 Å². The van der Waals surface area contributed by atoms with Crippen LogP contribution in [0.4, 0.5) is 0 Å². The third-order valence-corrected chi connectivity index (χ3v) is 7.01. The summed E-state index contributed by atoms with van der Waals surface area (Å²) in [6.07, 6.45) is 2.61. The van der Waals surface area contributed by atoms with Gasteiger partial charge in [0.25, 0.3) is 5.56 Å². The summed E-state index contributed by atoms with van der Waals surface area (Å²) < 4.78 is 30.2. The number of fused-ring (bicyclic) bond motifs is 1. The molecule has 1 aromatic heterocycles. The molecule has 0 bridgehead atoms. The fraction of sp³-hybridized carbons (Fsp3) is 0.500. The van der Waals surface area contributed by atoms with Crippen molar-refractivity contribution in [3.63, 3.8) is 0 Å². The lowest BCUT2D eigenvalue weighted by molar-refractivity contribution is 0.241. The summed E-state index contributed by atoms with van der Waals surface area (Å²) >= 11 is 0. The van der Waals surface area contributed by atoms with Crippen molar-refractivity contribution >= 4 is 10.0 Å². The van der Waals surface area contributed by atoms with Crippen molar-refractivity contribution in [1.29, 1.82) is 0 Å². The maximum absolute atomic E-state index is 12.7. The maximum atomic E-state index is 12.7. The fourth-order valence-electron chi connectivity index (χ4n) is 4.07. The number of hydrogen-bond donors (Lipinski definition) is 1. The van der Waals surface area contributed by atoms with Gasteiger partial charge in [0.15, 0.2) is 0 Å². The first-order chi connectivity index (χ1) is 13.8. The molecule has 0 radical (unpaired) electrons. The number of ether oxygens (including phenoxy) is 1. The highest BCUT2D eigenvalue weighted by Gasteiger charge is 2.32. The van der Waals surface area contributed by atoms with Crippen molar-refractivity contribution in [2.45, 2.75) is 31.8 Å². The van der Waals surface area contributed by atoms with Crippen LogP contribution >= 0.6 is 0 Å². The summed E-state index contributed by atoms with van der Waals surface area (Å²) in [6, 6.07) is 7.95. The summed E-state index contributed by atoms with van der Waals surface area (Å²) in [7, 11) is -1.57. The van der Waals surface area contributed by atoms with E-state index in [4.69, 9.17) is 9.72 Å². The molecule has 8 nitrogen and oxygen atoms in total. The van der Waals surface area contributed by atoms with Gasteiger partial charge in [-0.3, -0.25) is 9.69 Å². The van der Waals surface area contributed by atoms with Crippen molar-refractivity contribution in [2.24, 2.45) is 0 Å². The van der Waals surface area contributed by atoms with Crippen molar-refractivity contribution in [3.8, 4) is 5.75 Å². The lowest BCUT2D eigenvalue weighted by Crippen LogP contribution is -2.36. The van der Waals surface area contributed by atoms with Gasteiger partial charge in [-0.05, 0) is 24.1 Å². The topological polar surface area (TPSA) is 95.6 Å². The summed E-state index contributed by atoms with van der Waals surface area (Å²) in [6.45, 7) is 3.00. The number of H-pyrrole nitrogens is 1. The summed E-state index contributed by atoms with van der Waals surface area (Å²) in [5, 5.41) is 0. The minimum Gasteiger partial charge on any atom is -0.497 e. The number of benzene rings is 1. The van der Waals surface area contributed by atoms with Gasteiger partial charge in [0.05, 0.1) is 24.6 Å². The Balaban J connectivity index is 1.48. The molecular weight excluding hydrogens is 392 g/mol. The van der Waals surface area contributed by atoms with E-state index in [2.05, 4.69) is 9.88 Å². The molecular formula is C20H26N4O4S. The minimum atomic E-state index is -3.21. The van der Waals surface area contributed by atoms with Gasteiger partial charge in [0, 0.05) is 45.1 Å². The predicted molar refractivity (Wildman–Crippen MR) is 109 cm³/mol. The molecule has 2 aliphatic heterocycles. The van der Waals surface area contributed by atoms with Crippen molar-refractivity contribution < 1.29 is 13.2 Å². The number of nitrogens with one attached hydrogen (secondary N) is 1. The number of hydrogen-bond acceptors (Lipinski definition) is 6. The van der Waals surface area contributed by atoms with Crippen LogP contribution < -0.4 is 10.3 Å². The van der Waals surface area contributed by atoms with Crippen LogP contribution in [-0.4, -0.2) is 60.6 Å². The van der Waals surface area contributed by atoms with Crippen LogP contribution in [0, 0.1) is 0 Å². The molecule has 0 spiro atoms. The monoisotopic (exact) mass is 418 g/mol. The molecule has 2 aromatic rings. The Morgan fingerprint density at radius 2 is 2.00 bits per heavy atom. The third kappa shape index (κ3) is 4.36. The van der Waals surface area contributed by atoms with E-state index in [1.807, 2.05) is 24.3 Å². The predicted octanol–water partition coefficient (Wildman–Crippen LogP) is 1.09. The highest BCUT2D eigenvalue weighted by Crippen LogP contribution is 2.27. The van der Waals surface area contributed by atoms with Crippen LogP contribution in [0.3, 0.4) is 0 Å². The van der Waals surface area contributed by atoms with Crippen molar-refractivity contribution in [3.05, 3.63) is 57.3 Å². The Hall–Kier alpha value is -2.23. The van der Waals surface area contributed by atoms with Crippen LogP contribution in [0.1, 0.15) is 35.0 Å². The SMILES string of the molecule is COc1ccc(CN2CCc3nc([C@@H]4CCN(S(C)(=O)=O)C4)[nH]c(=O)c3C2)cc1. The molecule has 9 heteroatoms. The fourth-order valence-corrected chi connectivity index (χ4v) is 4.96. The van der Waals surface area contributed by atoms with Crippen LogP contribution in [0.5, 0.6) is 5.75 Å². The molecule has 0 amide bonds. The summed E-state index contributed by atoms with van der Waals surface area (Å²) in [4.78, 5) is 22.6. The van der Waals surface area contributed by atoms with Gasteiger partial charge < -0.3 is 9.72 Å². The standard InChI is InChI=1S/C20H26N4O4S/c1-28-16-5-3-14(4-6-16)11-23-9-8-18-17(13-23)20(25)22-19(21-18)15-7-10-24(12-15)29(2,26)27/h3-6,15H,7-13H2,1-2H3,(H,21,22,25)/t15-/m1/s1. The lowest BCUT2D eigenvalue weighted by atomic mass is 10.0. The molecule has 0 saturated carbocycles. The Bertz CT molecular complexity index is 1050. The second kappa shape index (κ2) is 7.89. The largest absolute Gasteiger partial charge is 0.497 e. The van der Waals surface area contributed by atoms with Gasteiger partial charge in [0.2, 0.25) is 10.0 Å². The number of aromatic amines is 1. The van der Waals surface area contributed by atoms with Crippen LogP contribution in [0.15, 0.2) is 29.1 Å². The number of nitrogens with zero attached hydrogens (tertiary/aromatic N) is 3. The number of methoxy groups -OCH3 is 1. The third-order valence-electron chi connectivity index (χ3n) is 5.74. The second-order valence-electron chi connectivity index (χ2n) is 7.79. The van der Waals surface area contributed by atoms with Crippen LogP contribution in [0.25, 0.3) is 0 Å². The molecule has 1 aromatic carbocycles. The van der Waals surface area contributed by atoms with Gasteiger partial charge >= 0.3 is 0 Å². The van der Waals surface area contributed by atoms with Crippen LogP contribution in [-0.2, 0) is 29.5 Å². The molecule has 1 fully saturated rings. The normalized spacial score (nSPS) is 20.6. The first-order valence-electron chi connectivity index (χ1n) is 9.76. The Labute approximate surface area is 170 Å². The Morgan fingerprint density at radius 1 is 1.24 bits per heavy atom. The van der Waals surface area contributed by atoms with Gasteiger partial charge in [-0.1, -0.05) is 12.1 Å². The molecule has 156 valence electrons. The highest BCUT2D eigenvalue weighted by molar-refractivity contribution is 7.88. The quantitative estimate of drug-likeness (QED) is 0.781. The minimum absolute atomic E-state index is 0.0555. The molecule has 1 saturated heterocycles. The number of sulfonamides is 1. The van der Waals surface area contributed by atoms with E-state index < -0.39 is 10.0 Å². The van der Waals surface area contributed by atoms with E-state index in [9.17, 15) is 13.2 Å². The first-order valence-corrected chi connectivity index (χ1v) is 11.6. The molecule has 2 aliphatic rings. The smallest absolute Gasteiger partial charge is 0.255 e.